The van der Waals surface area contributed by atoms with E-state index >= 15 is 0 Å². The van der Waals surface area contributed by atoms with Gasteiger partial charge in [-0.25, -0.2) is 14.8 Å². The van der Waals surface area contributed by atoms with E-state index in [4.69, 9.17) is 33.2 Å². The lowest BCUT2D eigenvalue weighted by atomic mass is 10.3. The van der Waals surface area contributed by atoms with Gasteiger partial charge in [0.05, 0.1) is 27.7 Å². The third kappa shape index (κ3) is 6.52. The second-order valence-corrected chi connectivity index (χ2v) is 7.52. The highest BCUT2D eigenvalue weighted by atomic mass is 35.5. The van der Waals surface area contributed by atoms with Crippen molar-refractivity contribution < 1.29 is 32.2 Å². The number of hydrazone groups is 1. The number of amides is 2. The highest BCUT2D eigenvalue weighted by molar-refractivity contribution is 6.47. The first-order chi connectivity index (χ1) is 17.0. The zero-order valence-corrected chi connectivity index (χ0v) is 19.6. The summed E-state index contributed by atoms with van der Waals surface area (Å²) in [5.74, 6) is -1.27. The minimum atomic E-state index is -4.46. The molecule has 11 nitrogen and oxygen atoms in total. The Morgan fingerprint density at radius 3 is 2.56 bits per heavy atom. The Morgan fingerprint density at radius 1 is 1.25 bits per heavy atom. The molecular formula is C20H14Cl2F3N7O4. The van der Waals surface area contributed by atoms with Crippen molar-refractivity contribution in [3.05, 3.63) is 40.8 Å². The van der Waals surface area contributed by atoms with Crippen LogP contribution in [0.5, 0.6) is 11.6 Å². The molecule has 0 radical (unpaired) electrons. The number of nitriles is 1. The SMILES string of the molecule is CCOC(=O)NC(=O)C(C#N)=NNc1cc(Cl)c(Oc2ncnc3c2ccn3CC(F)(F)F)c(Cl)c1. The number of ether oxygens (including phenoxy) is 2. The van der Waals surface area contributed by atoms with Gasteiger partial charge in [-0.2, -0.15) is 23.5 Å². The fourth-order valence-corrected chi connectivity index (χ4v) is 3.33. The maximum absolute atomic E-state index is 12.8. The second-order valence-electron chi connectivity index (χ2n) is 6.70. The summed E-state index contributed by atoms with van der Waals surface area (Å²) >= 11 is 12.5. The van der Waals surface area contributed by atoms with Gasteiger partial charge in [-0.1, -0.05) is 23.2 Å². The number of imide groups is 1. The molecular weight excluding hydrogens is 530 g/mol. The summed E-state index contributed by atoms with van der Waals surface area (Å²) in [6.45, 7) is 0.294. The van der Waals surface area contributed by atoms with E-state index in [2.05, 4.69) is 25.2 Å². The van der Waals surface area contributed by atoms with Gasteiger partial charge in [0.1, 0.15) is 24.6 Å². The number of carbonyl (C=O) groups is 2. The molecule has 0 saturated carbocycles. The summed E-state index contributed by atoms with van der Waals surface area (Å²) in [4.78, 5) is 31.0. The molecule has 0 saturated heterocycles. The summed E-state index contributed by atoms with van der Waals surface area (Å²) in [6, 6.07) is 5.45. The molecule has 188 valence electrons. The number of alkyl halides is 3. The molecule has 2 heterocycles. The zero-order chi connectivity index (χ0) is 26.5. The van der Waals surface area contributed by atoms with Crippen LogP contribution in [0.4, 0.5) is 23.7 Å². The van der Waals surface area contributed by atoms with Crippen LogP contribution in [0.25, 0.3) is 11.0 Å². The van der Waals surface area contributed by atoms with Gasteiger partial charge in [0.25, 0.3) is 5.91 Å². The molecule has 0 atom stereocenters. The number of nitrogens with one attached hydrogen (secondary N) is 2. The zero-order valence-electron chi connectivity index (χ0n) is 18.1. The van der Waals surface area contributed by atoms with Crippen LogP contribution in [-0.2, 0) is 16.1 Å². The van der Waals surface area contributed by atoms with Crippen molar-refractivity contribution in [2.24, 2.45) is 5.10 Å². The average molecular weight is 544 g/mol. The van der Waals surface area contributed by atoms with Crippen LogP contribution in [0.3, 0.4) is 0 Å². The maximum atomic E-state index is 12.8. The molecule has 0 bridgehead atoms. The first kappa shape index (κ1) is 26.5. The monoisotopic (exact) mass is 543 g/mol. The Morgan fingerprint density at radius 2 is 1.94 bits per heavy atom. The third-order valence-corrected chi connectivity index (χ3v) is 4.74. The van der Waals surface area contributed by atoms with Crippen LogP contribution < -0.4 is 15.5 Å². The van der Waals surface area contributed by atoms with Gasteiger partial charge in [0.15, 0.2) is 5.75 Å². The first-order valence-corrected chi connectivity index (χ1v) is 10.5. The van der Waals surface area contributed by atoms with Crippen LogP contribution in [0.1, 0.15) is 6.92 Å². The molecule has 0 spiro atoms. The topological polar surface area (TPSA) is 144 Å². The number of hydrogen-bond donors (Lipinski definition) is 2. The van der Waals surface area contributed by atoms with Gasteiger partial charge in [-0.15, -0.1) is 0 Å². The molecule has 0 fully saturated rings. The molecule has 2 aromatic heterocycles. The largest absolute Gasteiger partial charge is 0.450 e. The molecule has 1 aromatic carbocycles. The molecule has 36 heavy (non-hydrogen) atoms. The van der Waals surface area contributed by atoms with Gasteiger partial charge in [0.2, 0.25) is 11.6 Å². The predicted molar refractivity (Wildman–Crippen MR) is 122 cm³/mol. The summed E-state index contributed by atoms with van der Waals surface area (Å²) in [5.41, 5.74) is 1.84. The van der Waals surface area contributed by atoms with E-state index < -0.39 is 30.4 Å². The van der Waals surface area contributed by atoms with E-state index in [1.54, 1.807) is 0 Å². The van der Waals surface area contributed by atoms with Crippen molar-refractivity contribution in [3.63, 3.8) is 0 Å². The lowest BCUT2D eigenvalue weighted by Crippen LogP contribution is -2.36. The molecule has 0 aliphatic heterocycles. The van der Waals surface area contributed by atoms with Gasteiger partial charge >= 0.3 is 12.3 Å². The number of benzene rings is 1. The molecule has 3 aromatic rings. The number of rotatable bonds is 7. The standard InChI is InChI=1S/C20H14Cl2F3N7O4/c1-2-35-19(34)29-17(33)14(7-26)31-30-10-5-12(21)15(13(22)6-10)36-18-11-3-4-32(8-20(23,24)25)16(11)27-9-28-18/h3-6,9,30H,2,8H2,1H3,(H,29,33,34). The molecule has 0 aliphatic carbocycles. The van der Waals surface area contributed by atoms with Crippen LogP contribution in [0.15, 0.2) is 35.8 Å². The smallest absolute Gasteiger partial charge is 0.414 e. The van der Waals surface area contributed by atoms with Crippen LogP contribution in [0.2, 0.25) is 10.0 Å². The quantitative estimate of drug-likeness (QED) is 0.323. The third-order valence-electron chi connectivity index (χ3n) is 4.17. The molecule has 2 amide bonds. The number of hydrogen-bond acceptors (Lipinski definition) is 9. The molecule has 0 aliphatic rings. The average Bonchev–Trinajstić information content (AvgIpc) is 3.18. The molecule has 0 unspecified atom stereocenters. The van der Waals surface area contributed by atoms with Gasteiger partial charge in [0, 0.05) is 6.20 Å². The highest BCUT2D eigenvalue weighted by Crippen LogP contribution is 2.40. The van der Waals surface area contributed by atoms with Crippen molar-refractivity contribution in [1.82, 2.24) is 19.9 Å². The number of alkyl carbamates (subject to hydrolysis) is 1. The number of fused-ring (bicyclic) bond motifs is 1. The van der Waals surface area contributed by atoms with Crippen molar-refractivity contribution in [1.29, 1.82) is 5.26 Å². The molecule has 2 N–H and O–H groups in total. The molecule has 16 heteroatoms. The number of carbonyl (C=O) groups excluding carboxylic acids is 2. The Balaban J connectivity index is 1.81. The summed E-state index contributed by atoms with van der Waals surface area (Å²) in [6.07, 6.45) is -3.29. The fourth-order valence-electron chi connectivity index (χ4n) is 2.77. The van der Waals surface area contributed by atoms with Crippen molar-refractivity contribution in [3.8, 4) is 17.7 Å². The van der Waals surface area contributed by atoms with Crippen LogP contribution in [-0.4, -0.2) is 45.0 Å². The Labute approximate surface area is 210 Å². The van der Waals surface area contributed by atoms with Crippen molar-refractivity contribution in [2.45, 2.75) is 19.6 Å². The number of nitrogens with zero attached hydrogens (tertiary/aromatic N) is 5. The van der Waals surface area contributed by atoms with E-state index in [0.29, 0.717) is 0 Å². The normalized spacial score (nSPS) is 11.6. The molecule has 3 rings (SSSR count). The lowest BCUT2D eigenvalue weighted by molar-refractivity contribution is -0.140. The fraction of sp³-hybridized carbons (Fsp3) is 0.200. The lowest BCUT2D eigenvalue weighted by Gasteiger charge is -2.12. The van der Waals surface area contributed by atoms with Crippen LogP contribution >= 0.6 is 23.2 Å². The van der Waals surface area contributed by atoms with Gasteiger partial charge in [-0.3, -0.25) is 15.5 Å². The Kier molecular flexibility index (Phi) is 8.18. The van der Waals surface area contributed by atoms with Crippen molar-refractivity contribution in [2.75, 3.05) is 12.0 Å². The van der Waals surface area contributed by atoms with Crippen molar-refractivity contribution >= 4 is 57.6 Å². The van der Waals surface area contributed by atoms with E-state index in [0.717, 1.165) is 10.9 Å². The first-order valence-electron chi connectivity index (χ1n) is 9.77. The van der Waals surface area contributed by atoms with Gasteiger partial charge in [-0.05, 0) is 25.1 Å². The van der Waals surface area contributed by atoms with E-state index in [1.165, 1.54) is 37.4 Å². The van der Waals surface area contributed by atoms with E-state index in [1.807, 2.05) is 5.32 Å². The summed E-state index contributed by atoms with van der Waals surface area (Å²) in [7, 11) is 0. The highest BCUT2D eigenvalue weighted by Gasteiger charge is 2.29. The van der Waals surface area contributed by atoms with E-state index in [-0.39, 0.29) is 45.0 Å². The summed E-state index contributed by atoms with van der Waals surface area (Å²) < 4.78 is 49.5. The van der Waals surface area contributed by atoms with Crippen LogP contribution in [0, 0.1) is 11.3 Å². The number of anilines is 1. The number of aromatic nitrogens is 3. The maximum Gasteiger partial charge on any atom is 0.414 e. The van der Waals surface area contributed by atoms with Gasteiger partial charge < -0.3 is 14.0 Å². The Hall–Kier alpha value is -4.09. The summed E-state index contributed by atoms with van der Waals surface area (Å²) in [5, 5.41) is 14.6. The predicted octanol–water partition coefficient (Wildman–Crippen LogP) is 4.66. The minimum Gasteiger partial charge on any atom is -0.450 e. The van der Waals surface area contributed by atoms with E-state index in [9.17, 15) is 22.8 Å². The second kappa shape index (κ2) is 11.1. The number of halogens is 5. The minimum absolute atomic E-state index is 0.0117. The Bertz CT molecular complexity index is 1360.